The van der Waals surface area contributed by atoms with Gasteiger partial charge in [0.25, 0.3) is 11.7 Å². The summed E-state index contributed by atoms with van der Waals surface area (Å²) in [6.45, 7) is 6.27. The summed E-state index contributed by atoms with van der Waals surface area (Å²) in [6.07, 6.45) is 0.874. The lowest BCUT2D eigenvalue weighted by Crippen LogP contribution is -2.42. The van der Waals surface area contributed by atoms with Crippen molar-refractivity contribution >= 4 is 40.7 Å². The molecule has 0 bridgehead atoms. The standard InChI is InChI=1S/C26H28Cl2N2O5/c1-2-13-35-19-6-3-17(4-7-19)24(31)22-23(18-5-8-20(27)21(28)16-18)30(26(33)25(22)32)10-9-29-11-14-34-15-12-29/h3-8,16,23,31H,2,9-15H2,1H3/t23-/m1/s1. The van der Waals surface area contributed by atoms with Crippen molar-refractivity contribution in [2.75, 3.05) is 46.0 Å². The van der Waals surface area contributed by atoms with Gasteiger partial charge in [0, 0.05) is 31.7 Å². The van der Waals surface area contributed by atoms with Crippen molar-refractivity contribution in [2.45, 2.75) is 19.4 Å². The molecule has 4 rings (SSSR count). The van der Waals surface area contributed by atoms with Gasteiger partial charge >= 0.3 is 0 Å². The summed E-state index contributed by atoms with van der Waals surface area (Å²) in [5.74, 6) is -0.962. The van der Waals surface area contributed by atoms with E-state index in [2.05, 4.69) is 4.90 Å². The van der Waals surface area contributed by atoms with Gasteiger partial charge in [-0.3, -0.25) is 14.5 Å². The second-order valence-electron chi connectivity index (χ2n) is 8.49. The lowest BCUT2D eigenvalue weighted by Gasteiger charge is -2.31. The van der Waals surface area contributed by atoms with E-state index < -0.39 is 17.7 Å². The summed E-state index contributed by atoms with van der Waals surface area (Å²) in [7, 11) is 0. The Morgan fingerprint density at radius 3 is 2.43 bits per heavy atom. The van der Waals surface area contributed by atoms with Crippen molar-refractivity contribution < 1.29 is 24.2 Å². The van der Waals surface area contributed by atoms with Gasteiger partial charge in [0.1, 0.15) is 11.5 Å². The van der Waals surface area contributed by atoms with Crippen LogP contribution in [0.5, 0.6) is 5.75 Å². The first-order chi connectivity index (χ1) is 16.9. The zero-order chi connectivity index (χ0) is 24.9. The Kier molecular flexibility index (Phi) is 8.34. The summed E-state index contributed by atoms with van der Waals surface area (Å²) >= 11 is 12.4. The second-order valence-corrected chi connectivity index (χ2v) is 9.31. The molecule has 0 unspecified atom stereocenters. The van der Waals surface area contributed by atoms with Crippen molar-refractivity contribution in [3.63, 3.8) is 0 Å². The van der Waals surface area contributed by atoms with Crippen LogP contribution >= 0.6 is 23.2 Å². The molecule has 35 heavy (non-hydrogen) atoms. The highest BCUT2D eigenvalue weighted by molar-refractivity contribution is 6.46. The van der Waals surface area contributed by atoms with Crippen LogP contribution in [0.1, 0.15) is 30.5 Å². The molecule has 7 nitrogen and oxygen atoms in total. The lowest BCUT2D eigenvalue weighted by molar-refractivity contribution is -0.140. The molecule has 2 aromatic carbocycles. The van der Waals surface area contributed by atoms with Crippen molar-refractivity contribution in [1.82, 2.24) is 9.80 Å². The number of benzene rings is 2. The molecule has 9 heteroatoms. The summed E-state index contributed by atoms with van der Waals surface area (Å²) in [4.78, 5) is 30.0. The van der Waals surface area contributed by atoms with E-state index in [1.807, 2.05) is 6.92 Å². The fourth-order valence-corrected chi connectivity index (χ4v) is 4.60. The quantitative estimate of drug-likeness (QED) is 0.314. The molecule has 2 aliphatic heterocycles. The number of nitrogens with zero attached hydrogens (tertiary/aromatic N) is 2. The molecule has 0 aromatic heterocycles. The first kappa shape index (κ1) is 25.5. The van der Waals surface area contributed by atoms with Gasteiger partial charge < -0.3 is 19.5 Å². The van der Waals surface area contributed by atoms with E-state index in [0.29, 0.717) is 59.8 Å². The number of rotatable bonds is 8. The Morgan fingerprint density at radius 1 is 1.06 bits per heavy atom. The Labute approximate surface area is 214 Å². The maximum atomic E-state index is 13.2. The third-order valence-corrected chi connectivity index (χ3v) is 6.90. The molecule has 0 saturated carbocycles. The van der Waals surface area contributed by atoms with Crippen LogP contribution in [0.3, 0.4) is 0 Å². The minimum atomic E-state index is -0.790. The summed E-state index contributed by atoms with van der Waals surface area (Å²) < 4.78 is 11.0. The fourth-order valence-electron chi connectivity index (χ4n) is 4.30. The van der Waals surface area contributed by atoms with Crippen LogP contribution in [0.4, 0.5) is 0 Å². The van der Waals surface area contributed by atoms with E-state index in [0.717, 1.165) is 19.5 Å². The molecule has 1 atom stereocenters. The highest BCUT2D eigenvalue weighted by Crippen LogP contribution is 2.41. The topological polar surface area (TPSA) is 79.3 Å². The molecule has 2 aliphatic rings. The molecule has 0 aliphatic carbocycles. The van der Waals surface area contributed by atoms with Crippen molar-refractivity contribution in [3.8, 4) is 5.75 Å². The summed E-state index contributed by atoms with van der Waals surface area (Å²) in [5.41, 5.74) is 1.05. The number of hydrogen-bond donors (Lipinski definition) is 1. The number of ether oxygens (including phenoxy) is 2. The average molecular weight is 519 g/mol. The van der Waals surface area contributed by atoms with Gasteiger partial charge in [-0.1, -0.05) is 36.2 Å². The number of halogens is 2. The normalized spacial score (nSPS) is 20.4. The Bertz CT molecular complexity index is 1110. The maximum Gasteiger partial charge on any atom is 0.295 e. The minimum absolute atomic E-state index is 0.0255. The van der Waals surface area contributed by atoms with E-state index in [-0.39, 0.29) is 11.3 Å². The van der Waals surface area contributed by atoms with Crippen LogP contribution in [-0.4, -0.2) is 72.6 Å². The van der Waals surface area contributed by atoms with Crippen LogP contribution < -0.4 is 4.74 Å². The number of aliphatic hydroxyl groups is 1. The molecule has 2 heterocycles. The monoisotopic (exact) mass is 518 g/mol. The van der Waals surface area contributed by atoms with E-state index >= 15 is 0 Å². The molecule has 2 saturated heterocycles. The highest BCUT2D eigenvalue weighted by Gasteiger charge is 2.46. The molecule has 186 valence electrons. The van der Waals surface area contributed by atoms with Gasteiger partial charge in [-0.15, -0.1) is 0 Å². The highest BCUT2D eigenvalue weighted by atomic mass is 35.5. The van der Waals surface area contributed by atoms with Crippen molar-refractivity contribution in [3.05, 3.63) is 69.2 Å². The number of morpholine rings is 1. The Hall–Kier alpha value is -2.58. The number of amides is 1. The predicted molar refractivity (Wildman–Crippen MR) is 135 cm³/mol. The molecular formula is C26H28Cl2N2O5. The van der Waals surface area contributed by atoms with Crippen LogP contribution in [0, 0.1) is 0 Å². The fraction of sp³-hybridized carbons (Fsp3) is 0.385. The van der Waals surface area contributed by atoms with Crippen LogP contribution in [0.25, 0.3) is 5.76 Å². The molecule has 1 amide bonds. The number of ketones is 1. The van der Waals surface area contributed by atoms with E-state index in [1.54, 1.807) is 42.5 Å². The average Bonchev–Trinajstić information content (AvgIpc) is 3.13. The van der Waals surface area contributed by atoms with Crippen LogP contribution in [0.2, 0.25) is 10.0 Å². The molecule has 0 spiro atoms. The smallest absolute Gasteiger partial charge is 0.295 e. The Balaban J connectivity index is 1.70. The largest absolute Gasteiger partial charge is 0.507 e. The first-order valence-electron chi connectivity index (χ1n) is 11.7. The van der Waals surface area contributed by atoms with Crippen molar-refractivity contribution in [2.24, 2.45) is 0 Å². The summed E-state index contributed by atoms with van der Waals surface area (Å²) in [5, 5.41) is 11.9. The predicted octanol–water partition coefficient (Wildman–Crippen LogP) is 4.54. The molecule has 0 radical (unpaired) electrons. The van der Waals surface area contributed by atoms with Crippen LogP contribution in [0.15, 0.2) is 48.0 Å². The maximum absolute atomic E-state index is 13.2. The summed E-state index contributed by atoms with van der Waals surface area (Å²) in [6, 6.07) is 11.0. The van der Waals surface area contributed by atoms with Crippen LogP contribution in [-0.2, 0) is 14.3 Å². The SMILES string of the molecule is CCCOc1ccc(C(O)=C2C(=O)C(=O)N(CCN3CCOCC3)[C@@H]2c2ccc(Cl)c(Cl)c2)cc1. The van der Waals surface area contributed by atoms with Gasteiger partial charge in [0.15, 0.2) is 0 Å². The molecule has 2 fully saturated rings. The van der Waals surface area contributed by atoms with E-state index in [9.17, 15) is 14.7 Å². The number of hydrogen-bond acceptors (Lipinski definition) is 6. The number of aliphatic hydroxyl groups excluding tert-OH is 1. The third kappa shape index (κ3) is 5.64. The van der Waals surface area contributed by atoms with Gasteiger partial charge in [-0.25, -0.2) is 0 Å². The van der Waals surface area contributed by atoms with Gasteiger partial charge in [-0.2, -0.15) is 0 Å². The van der Waals surface area contributed by atoms with Crippen molar-refractivity contribution in [1.29, 1.82) is 0 Å². The Morgan fingerprint density at radius 2 is 1.77 bits per heavy atom. The van der Waals surface area contributed by atoms with Gasteiger partial charge in [0.05, 0.1) is 41.5 Å². The second kappa shape index (κ2) is 11.4. The zero-order valence-corrected chi connectivity index (χ0v) is 21.0. The third-order valence-electron chi connectivity index (χ3n) is 6.16. The lowest BCUT2D eigenvalue weighted by atomic mass is 9.95. The zero-order valence-electron chi connectivity index (χ0n) is 19.5. The molecular weight excluding hydrogens is 491 g/mol. The number of carbonyl (C=O) groups excluding carboxylic acids is 2. The number of Topliss-reactive ketones (excluding diaryl/α,β-unsaturated/α-hetero) is 1. The van der Waals surface area contributed by atoms with Gasteiger partial charge in [0.2, 0.25) is 0 Å². The number of likely N-dealkylation sites (tertiary alicyclic amines) is 1. The first-order valence-corrected chi connectivity index (χ1v) is 12.4. The van der Waals surface area contributed by atoms with E-state index in [1.165, 1.54) is 4.90 Å². The molecule has 2 aromatic rings. The molecule has 1 N–H and O–H groups in total. The minimum Gasteiger partial charge on any atom is -0.507 e. The van der Waals surface area contributed by atoms with E-state index in [4.69, 9.17) is 32.7 Å². The number of carbonyl (C=O) groups is 2. The van der Waals surface area contributed by atoms with Gasteiger partial charge in [-0.05, 0) is 48.4 Å².